The number of benzene rings is 4. The van der Waals surface area contributed by atoms with E-state index in [1.165, 1.54) is 21.5 Å². The summed E-state index contributed by atoms with van der Waals surface area (Å²) in [5, 5.41) is 6.99. The van der Waals surface area contributed by atoms with E-state index in [2.05, 4.69) is 72.8 Å². The van der Waals surface area contributed by atoms with Crippen LogP contribution in [0.3, 0.4) is 0 Å². The average molecular weight is 359 g/mol. The monoisotopic (exact) mass is 359 g/mol. The van der Waals surface area contributed by atoms with E-state index in [0.29, 0.717) is 0 Å². The molecular weight excluding hydrogens is 341 g/mol. The van der Waals surface area contributed by atoms with Gasteiger partial charge in [-0.2, -0.15) is 0 Å². The summed E-state index contributed by atoms with van der Waals surface area (Å²) in [7, 11) is 2.76. The Morgan fingerprint density at radius 2 is 1.08 bits per heavy atom. The summed E-state index contributed by atoms with van der Waals surface area (Å²) in [6.07, 6.45) is 0. The van der Waals surface area contributed by atoms with Crippen LogP contribution in [-0.4, -0.2) is 14.1 Å². The Hall–Kier alpha value is -2.74. The van der Waals surface area contributed by atoms with Gasteiger partial charge in [0.15, 0.2) is 0 Å². The van der Waals surface area contributed by atoms with Crippen LogP contribution in [0.5, 0.6) is 0 Å². The third-order valence-corrected chi connectivity index (χ3v) is 6.07. The molecule has 0 atom stereocenters. The smallest absolute Gasteiger partial charge is 0.309 e. The molecule has 0 saturated heterocycles. The van der Waals surface area contributed by atoms with Gasteiger partial charge in [0.2, 0.25) is 0 Å². The minimum absolute atomic E-state index is 0.874. The van der Waals surface area contributed by atoms with Crippen molar-refractivity contribution in [2.75, 3.05) is 18.8 Å². The molecule has 128 valence electrons. The van der Waals surface area contributed by atoms with Crippen LogP contribution >= 0.6 is 8.16 Å². The standard InChI is InChI=1S/C22H18NO2P/c1-23(2)26-24-19-13-11-15-7-3-5-9-17(15)21(19)22-18-10-6-4-8-16(18)12-14-20(22)25-26/h3-14H,1-2H3. The highest BCUT2D eigenvalue weighted by Gasteiger charge is 2.13. The van der Waals surface area contributed by atoms with E-state index in [4.69, 9.17) is 8.39 Å². The fourth-order valence-corrected chi connectivity index (χ4v) is 4.53. The lowest BCUT2D eigenvalue weighted by molar-refractivity contribution is 0.635. The number of rotatable bonds is 1. The molecule has 4 aromatic carbocycles. The molecule has 5 aromatic rings. The Morgan fingerprint density at radius 1 is 0.615 bits per heavy atom. The maximum Gasteiger partial charge on any atom is 0.309 e. The first-order valence-electron chi connectivity index (χ1n) is 8.59. The molecule has 1 heterocycles. The van der Waals surface area contributed by atoms with Crippen molar-refractivity contribution >= 4 is 51.6 Å². The Balaban J connectivity index is 2.18. The molecule has 5 rings (SSSR count). The van der Waals surface area contributed by atoms with Crippen molar-refractivity contribution in [3.05, 3.63) is 72.8 Å². The fraction of sp³-hybridized carbons (Fsp3) is 0.0909. The first-order chi connectivity index (χ1) is 12.7. The first-order valence-corrected chi connectivity index (χ1v) is 9.72. The van der Waals surface area contributed by atoms with E-state index in [1.807, 2.05) is 18.8 Å². The lowest BCUT2D eigenvalue weighted by atomic mass is 9.99. The molecule has 0 spiro atoms. The van der Waals surface area contributed by atoms with E-state index in [0.717, 1.165) is 21.9 Å². The second-order valence-corrected chi connectivity index (χ2v) is 8.23. The van der Waals surface area contributed by atoms with E-state index >= 15 is 0 Å². The molecule has 0 fully saturated rings. The molecule has 26 heavy (non-hydrogen) atoms. The summed E-state index contributed by atoms with van der Waals surface area (Å²) in [6, 6.07) is 25.3. The summed E-state index contributed by atoms with van der Waals surface area (Å²) < 4.78 is 14.7. The van der Waals surface area contributed by atoms with Crippen LogP contribution in [-0.2, 0) is 0 Å². The van der Waals surface area contributed by atoms with Crippen molar-refractivity contribution < 1.29 is 8.39 Å². The summed E-state index contributed by atoms with van der Waals surface area (Å²) in [5.41, 5.74) is 1.75. The van der Waals surface area contributed by atoms with Gasteiger partial charge < -0.3 is 8.39 Å². The zero-order chi connectivity index (χ0) is 17.7. The predicted octanol–water partition coefficient (Wildman–Crippen LogP) is 6.79. The molecule has 0 aliphatic heterocycles. The summed E-state index contributed by atoms with van der Waals surface area (Å²) in [5.74, 6) is 0. The third kappa shape index (κ3) is 2.33. The molecule has 3 nitrogen and oxygen atoms in total. The van der Waals surface area contributed by atoms with Crippen LogP contribution in [0.15, 0.2) is 81.2 Å². The third-order valence-electron chi connectivity index (χ3n) is 4.71. The highest BCUT2D eigenvalue weighted by Crippen LogP contribution is 2.40. The lowest BCUT2D eigenvalue weighted by Gasteiger charge is -2.05. The van der Waals surface area contributed by atoms with Crippen LogP contribution in [0.1, 0.15) is 0 Å². The zero-order valence-corrected chi connectivity index (χ0v) is 15.5. The summed E-state index contributed by atoms with van der Waals surface area (Å²) in [4.78, 5) is 0. The van der Waals surface area contributed by atoms with E-state index < -0.39 is 8.16 Å². The van der Waals surface area contributed by atoms with Crippen molar-refractivity contribution in [2.45, 2.75) is 0 Å². The largest absolute Gasteiger partial charge is 0.408 e. The topological polar surface area (TPSA) is 29.5 Å². The minimum atomic E-state index is -1.21. The number of hydrogen-bond donors (Lipinski definition) is 0. The number of fused-ring (bicyclic) bond motifs is 7. The van der Waals surface area contributed by atoms with Crippen LogP contribution in [0.4, 0.5) is 0 Å². The second kappa shape index (κ2) is 5.91. The van der Waals surface area contributed by atoms with Gasteiger partial charge in [-0.15, -0.1) is 0 Å². The molecule has 0 aliphatic carbocycles. The fourth-order valence-electron chi connectivity index (χ4n) is 3.52. The molecule has 0 saturated carbocycles. The Morgan fingerprint density at radius 3 is 1.54 bits per heavy atom. The van der Waals surface area contributed by atoms with Gasteiger partial charge in [-0.1, -0.05) is 60.7 Å². The van der Waals surface area contributed by atoms with Crippen molar-refractivity contribution in [3.63, 3.8) is 0 Å². The van der Waals surface area contributed by atoms with Gasteiger partial charge in [0.05, 0.1) is 0 Å². The van der Waals surface area contributed by atoms with E-state index in [9.17, 15) is 0 Å². The van der Waals surface area contributed by atoms with Crippen LogP contribution in [0, 0.1) is 0 Å². The highest BCUT2D eigenvalue weighted by molar-refractivity contribution is 7.38. The number of nitrogens with zero attached hydrogens (tertiary/aromatic N) is 1. The van der Waals surface area contributed by atoms with Crippen LogP contribution in [0.2, 0.25) is 0 Å². The Bertz CT molecular complexity index is 1220. The molecule has 4 heteroatoms. The van der Waals surface area contributed by atoms with E-state index in [1.54, 1.807) is 0 Å². The normalized spacial score (nSPS) is 11.8. The maximum absolute atomic E-state index is 6.33. The highest BCUT2D eigenvalue weighted by atomic mass is 31.1. The van der Waals surface area contributed by atoms with Crippen molar-refractivity contribution in [1.82, 2.24) is 0 Å². The van der Waals surface area contributed by atoms with Gasteiger partial charge in [-0.25, -0.2) is 4.67 Å². The van der Waals surface area contributed by atoms with Crippen molar-refractivity contribution in [3.8, 4) is 0 Å². The number of hydrogen-bond acceptors (Lipinski definition) is 3. The SMILES string of the molecule is CN(C)p1oc2ccc3ccccc3c2c2c(ccc3ccccc32)o1. The van der Waals surface area contributed by atoms with Gasteiger partial charge in [0.1, 0.15) is 11.2 Å². The van der Waals surface area contributed by atoms with Gasteiger partial charge in [-0.3, -0.25) is 0 Å². The molecule has 1 aromatic heterocycles. The minimum Gasteiger partial charge on any atom is -0.408 e. The molecule has 0 aliphatic rings. The van der Waals surface area contributed by atoms with Crippen molar-refractivity contribution in [2.24, 2.45) is 0 Å². The molecule has 0 unspecified atom stereocenters. The summed E-state index contributed by atoms with van der Waals surface area (Å²) in [6.45, 7) is 0. The Labute approximate surface area is 152 Å². The Kier molecular flexibility index (Phi) is 3.53. The quantitative estimate of drug-likeness (QED) is 0.330. The average Bonchev–Trinajstić information content (AvgIpc) is 2.85. The van der Waals surface area contributed by atoms with Crippen LogP contribution < -0.4 is 4.67 Å². The van der Waals surface area contributed by atoms with Gasteiger partial charge >= 0.3 is 8.16 Å². The first kappa shape index (κ1) is 15.5. The van der Waals surface area contributed by atoms with Gasteiger partial charge in [-0.05, 0) is 33.7 Å². The molecular formula is C22H18NO2P. The van der Waals surface area contributed by atoms with Gasteiger partial charge in [0, 0.05) is 24.9 Å². The summed E-state index contributed by atoms with van der Waals surface area (Å²) >= 11 is 0. The maximum atomic E-state index is 6.33. The lowest BCUT2D eigenvalue weighted by Crippen LogP contribution is -2.02. The molecule has 0 radical (unpaired) electrons. The van der Waals surface area contributed by atoms with Crippen molar-refractivity contribution in [1.29, 1.82) is 0 Å². The van der Waals surface area contributed by atoms with Gasteiger partial charge in [0.25, 0.3) is 0 Å². The van der Waals surface area contributed by atoms with Crippen LogP contribution in [0.25, 0.3) is 43.5 Å². The molecule has 0 amide bonds. The second-order valence-electron chi connectivity index (χ2n) is 6.59. The predicted molar refractivity (Wildman–Crippen MR) is 111 cm³/mol. The van der Waals surface area contributed by atoms with E-state index in [-0.39, 0.29) is 0 Å². The molecule has 0 bridgehead atoms. The molecule has 0 N–H and O–H groups in total. The zero-order valence-electron chi connectivity index (χ0n) is 14.6.